The first-order valence-corrected chi connectivity index (χ1v) is 5.65. The Kier molecular flexibility index (Phi) is 3.57. The first kappa shape index (κ1) is 12.5. The van der Waals surface area contributed by atoms with E-state index in [1.807, 2.05) is 11.0 Å². The van der Waals surface area contributed by atoms with Crippen LogP contribution in [-0.2, 0) is 16.1 Å². The maximum atomic E-state index is 11.0. The topological polar surface area (TPSA) is 90.7 Å². The molecule has 0 radical (unpaired) electrons. The van der Waals surface area contributed by atoms with Crippen LogP contribution in [0.4, 0.5) is 0 Å². The lowest BCUT2D eigenvalue weighted by Crippen LogP contribution is -2.28. The third-order valence-corrected chi connectivity index (χ3v) is 3.16. The van der Waals surface area contributed by atoms with Crippen LogP contribution in [0.5, 0.6) is 0 Å². The zero-order valence-electron chi connectivity index (χ0n) is 9.69. The van der Waals surface area contributed by atoms with Gasteiger partial charge in [-0.15, -0.1) is 0 Å². The average molecular weight is 250 g/mol. The van der Waals surface area contributed by atoms with E-state index in [4.69, 9.17) is 10.2 Å². The molecule has 2 N–H and O–H groups in total. The molecule has 18 heavy (non-hydrogen) atoms. The van der Waals surface area contributed by atoms with E-state index in [0.717, 1.165) is 5.56 Å². The lowest BCUT2D eigenvalue weighted by molar-refractivity contribution is -0.151. The Morgan fingerprint density at radius 2 is 1.89 bits per heavy atom. The number of nitrogens with zero attached hydrogens (tertiary/aromatic N) is 2. The number of hydrogen-bond donors (Lipinski definition) is 2. The number of hydrogen-bond acceptors (Lipinski definition) is 4. The fraction of sp³-hybridized carbons (Fsp3) is 0.417. The van der Waals surface area contributed by atoms with Crippen LogP contribution in [0.3, 0.4) is 0 Å². The summed E-state index contributed by atoms with van der Waals surface area (Å²) in [4.78, 5) is 27.8. The van der Waals surface area contributed by atoms with Gasteiger partial charge in [0, 0.05) is 32.0 Å². The molecule has 1 aliphatic heterocycles. The second-order valence-electron chi connectivity index (χ2n) is 4.44. The van der Waals surface area contributed by atoms with Gasteiger partial charge in [-0.2, -0.15) is 0 Å². The van der Waals surface area contributed by atoms with E-state index in [1.165, 1.54) is 0 Å². The fourth-order valence-corrected chi connectivity index (χ4v) is 2.26. The monoisotopic (exact) mass is 250 g/mol. The predicted octanol–water partition coefficient (Wildman–Crippen LogP) is 0.299. The van der Waals surface area contributed by atoms with Gasteiger partial charge < -0.3 is 10.2 Å². The third kappa shape index (κ3) is 2.65. The smallest absolute Gasteiger partial charge is 0.308 e. The summed E-state index contributed by atoms with van der Waals surface area (Å²) >= 11 is 0. The molecule has 0 aliphatic carbocycles. The quantitative estimate of drug-likeness (QED) is 0.798. The summed E-state index contributed by atoms with van der Waals surface area (Å²) in [6.07, 6.45) is 3.36. The van der Waals surface area contributed by atoms with Gasteiger partial charge in [0.05, 0.1) is 11.8 Å². The maximum Gasteiger partial charge on any atom is 0.308 e. The summed E-state index contributed by atoms with van der Waals surface area (Å²) in [5.74, 6) is -3.76. The Labute approximate surface area is 104 Å². The third-order valence-electron chi connectivity index (χ3n) is 3.16. The van der Waals surface area contributed by atoms with Gasteiger partial charge in [0.25, 0.3) is 0 Å². The summed E-state index contributed by atoms with van der Waals surface area (Å²) in [6, 6.07) is 3.69. The highest BCUT2D eigenvalue weighted by atomic mass is 16.4. The predicted molar refractivity (Wildman–Crippen MR) is 61.8 cm³/mol. The zero-order valence-corrected chi connectivity index (χ0v) is 9.69. The minimum absolute atomic E-state index is 0.265. The number of aliphatic carboxylic acids is 2. The van der Waals surface area contributed by atoms with Crippen molar-refractivity contribution >= 4 is 11.9 Å². The summed E-state index contributed by atoms with van der Waals surface area (Å²) in [5, 5.41) is 18.0. The zero-order chi connectivity index (χ0) is 13.1. The Bertz CT molecular complexity index is 427. The van der Waals surface area contributed by atoms with Crippen molar-refractivity contribution in [2.45, 2.75) is 6.54 Å². The first-order chi connectivity index (χ1) is 8.58. The number of likely N-dealkylation sites (tertiary alicyclic amines) is 1. The van der Waals surface area contributed by atoms with Crippen molar-refractivity contribution in [1.82, 2.24) is 9.88 Å². The van der Waals surface area contributed by atoms with Crippen molar-refractivity contribution in [3.63, 3.8) is 0 Å². The van der Waals surface area contributed by atoms with E-state index in [9.17, 15) is 9.59 Å². The van der Waals surface area contributed by atoms with E-state index < -0.39 is 23.8 Å². The van der Waals surface area contributed by atoms with Crippen molar-refractivity contribution < 1.29 is 19.8 Å². The van der Waals surface area contributed by atoms with Crippen molar-refractivity contribution in [1.29, 1.82) is 0 Å². The Morgan fingerprint density at radius 1 is 1.28 bits per heavy atom. The highest BCUT2D eigenvalue weighted by Gasteiger charge is 2.41. The molecule has 1 fully saturated rings. The van der Waals surface area contributed by atoms with Gasteiger partial charge in [-0.3, -0.25) is 19.5 Å². The van der Waals surface area contributed by atoms with Gasteiger partial charge in [-0.25, -0.2) is 0 Å². The highest BCUT2D eigenvalue weighted by Crippen LogP contribution is 2.25. The van der Waals surface area contributed by atoms with Crippen LogP contribution >= 0.6 is 0 Å². The standard InChI is InChI=1S/C12H14N2O4/c15-11(16)9-6-14(7-10(9)12(17)18)5-8-2-1-3-13-4-8/h1-4,9-10H,5-7H2,(H,15,16)(H,17,18)/t9-,10-/m0/s1. The molecular formula is C12H14N2O4. The highest BCUT2D eigenvalue weighted by molar-refractivity contribution is 5.81. The Balaban J connectivity index is 2.05. The van der Waals surface area contributed by atoms with Gasteiger partial charge in [-0.05, 0) is 11.6 Å². The van der Waals surface area contributed by atoms with Crippen molar-refractivity contribution in [2.75, 3.05) is 13.1 Å². The van der Waals surface area contributed by atoms with Crippen molar-refractivity contribution in [3.05, 3.63) is 30.1 Å². The van der Waals surface area contributed by atoms with Crippen LogP contribution in [0.1, 0.15) is 5.56 Å². The van der Waals surface area contributed by atoms with Gasteiger partial charge in [0.15, 0.2) is 0 Å². The molecule has 0 unspecified atom stereocenters. The van der Waals surface area contributed by atoms with Crippen LogP contribution in [-0.4, -0.2) is 45.1 Å². The number of aromatic nitrogens is 1. The van der Waals surface area contributed by atoms with Crippen LogP contribution < -0.4 is 0 Å². The summed E-state index contributed by atoms with van der Waals surface area (Å²) in [6.45, 7) is 1.06. The minimum Gasteiger partial charge on any atom is -0.481 e. The van der Waals surface area contributed by atoms with Gasteiger partial charge in [-0.1, -0.05) is 6.07 Å². The second kappa shape index (κ2) is 5.14. The molecule has 1 aromatic heterocycles. The molecule has 0 bridgehead atoms. The van der Waals surface area contributed by atoms with Crippen LogP contribution in [0.15, 0.2) is 24.5 Å². The van der Waals surface area contributed by atoms with Crippen molar-refractivity contribution in [3.8, 4) is 0 Å². The fourth-order valence-electron chi connectivity index (χ4n) is 2.26. The van der Waals surface area contributed by atoms with Gasteiger partial charge in [0.1, 0.15) is 0 Å². The molecule has 0 spiro atoms. The molecule has 1 saturated heterocycles. The number of carboxylic acids is 2. The molecule has 2 atom stereocenters. The molecule has 96 valence electrons. The van der Waals surface area contributed by atoms with Gasteiger partial charge in [0.2, 0.25) is 0 Å². The number of rotatable bonds is 4. The Morgan fingerprint density at radius 3 is 2.33 bits per heavy atom. The van der Waals surface area contributed by atoms with E-state index >= 15 is 0 Å². The normalized spacial score (nSPS) is 24.0. The maximum absolute atomic E-state index is 11.0. The molecule has 6 heteroatoms. The Hall–Kier alpha value is -1.95. The molecule has 2 rings (SSSR count). The molecule has 0 saturated carbocycles. The minimum atomic E-state index is -1.05. The average Bonchev–Trinajstić information content (AvgIpc) is 2.74. The van der Waals surface area contributed by atoms with E-state index in [1.54, 1.807) is 18.5 Å². The number of carbonyl (C=O) groups is 2. The summed E-state index contributed by atoms with van der Waals surface area (Å²) < 4.78 is 0. The molecule has 1 aliphatic rings. The van der Waals surface area contributed by atoms with E-state index in [0.29, 0.717) is 6.54 Å². The summed E-state index contributed by atoms with van der Waals surface area (Å²) in [7, 11) is 0. The first-order valence-electron chi connectivity index (χ1n) is 5.65. The lowest BCUT2D eigenvalue weighted by Gasteiger charge is -2.14. The van der Waals surface area contributed by atoms with Crippen molar-refractivity contribution in [2.24, 2.45) is 11.8 Å². The van der Waals surface area contributed by atoms with E-state index in [2.05, 4.69) is 4.98 Å². The molecule has 6 nitrogen and oxygen atoms in total. The van der Waals surface area contributed by atoms with Crippen LogP contribution in [0.25, 0.3) is 0 Å². The molecule has 1 aromatic rings. The molecule has 0 aromatic carbocycles. The SMILES string of the molecule is O=C(O)[C@H]1CN(Cc2cccnc2)C[C@@H]1C(=O)O. The summed E-state index contributed by atoms with van der Waals surface area (Å²) in [5.41, 5.74) is 0.952. The molecule has 2 heterocycles. The van der Waals surface area contributed by atoms with Crippen LogP contribution in [0, 0.1) is 11.8 Å². The molecular weight excluding hydrogens is 236 g/mol. The molecule has 0 amide bonds. The van der Waals surface area contributed by atoms with Gasteiger partial charge >= 0.3 is 11.9 Å². The largest absolute Gasteiger partial charge is 0.481 e. The number of carboxylic acid groups (broad SMARTS) is 2. The van der Waals surface area contributed by atoms with E-state index in [-0.39, 0.29) is 13.1 Å². The lowest BCUT2D eigenvalue weighted by atomic mass is 9.97. The van der Waals surface area contributed by atoms with Crippen LogP contribution in [0.2, 0.25) is 0 Å². The number of pyridine rings is 1. The second-order valence-corrected chi connectivity index (χ2v) is 4.44.